The number of aryl methyl sites for hydroxylation is 1. The average Bonchev–Trinajstić information content (AvgIpc) is 2.49. The van der Waals surface area contributed by atoms with Gasteiger partial charge in [-0.25, -0.2) is 0 Å². The lowest BCUT2D eigenvalue weighted by atomic mass is 10.0. The maximum Gasteiger partial charge on any atom is 0.233 e. The van der Waals surface area contributed by atoms with Gasteiger partial charge in [0.25, 0.3) is 0 Å². The van der Waals surface area contributed by atoms with Crippen molar-refractivity contribution in [2.45, 2.75) is 26.0 Å². The molecule has 2 heterocycles. The lowest BCUT2D eigenvalue weighted by Gasteiger charge is -2.38. The normalized spacial score (nSPS) is 19.5. The van der Waals surface area contributed by atoms with E-state index in [9.17, 15) is 0 Å². The van der Waals surface area contributed by atoms with E-state index in [0.717, 1.165) is 25.5 Å². The van der Waals surface area contributed by atoms with E-state index in [1.165, 1.54) is 0 Å². The van der Waals surface area contributed by atoms with Gasteiger partial charge in [-0.3, -0.25) is 4.68 Å². The second kappa shape index (κ2) is 3.03. The smallest absolute Gasteiger partial charge is 0.233 e. The predicted octanol–water partition coefficient (Wildman–Crippen LogP) is 0.644. The van der Waals surface area contributed by atoms with Crippen LogP contribution in [-0.4, -0.2) is 28.5 Å². The summed E-state index contributed by atoms with van der Waals surface area (Å²) in [6.45, 7) is 6.86. The van der Waals surface area contributed by atoms with Crippen molar-refractivity contribution >= 4 is 0 Å². The highest BCUT2D eigenvalue weighted by molar-refractivity contribution is 5.09. The van der Waals surface area contributed by atoms with Crippen molar-refractivity contribution < 1.29 is 4.74 Å². The molecule has 1 aliphatic rings. The summed E-state index contributed by atoms with van der Waals surface area (Å²) in [5.41, 5.74) is -0.0487. The van der Waals surface area contributed by atoms with Crippen LogP contribution >= 0.6 is 0 Å². The molecular weight excluding hydrogens is 166 g/mol. The van der Waals surface area contributed by atoms with E-state index in [2.05, 4.69) is 24.3 Å². The highest BCUT2D eigenvalue weighted by Gasteiger charge is 2.34. The van der Waals surface area contributed by atoms with Gasteiger partial charge in [0.2, 0.25) is 5.88 Å². The Morgan fingerprint density at radius 2 is 2.46 bits per heavy atom. The van der Waals surface area contributed by atoms with E-state index in [1.807, 2.05) is 16.9 Å². The Morgan fingerprint density at radius 3 is 2.92 bits per heavy atom. The van der Waals surface area contributed by atoms with Crippen molar-refractivity contribution in [2.75, 3.05) is 13.1 Å². The maximum atomic E-state index is 5.73. The van der Waals surface area contributed by atoms with Gasteiger partial charge in [-0.05, 0) is 13.8 Å². The molecule has 1 aromatic heterocycles. The molecule has 0 saturated carbocycles. The molecule has 72 valence electrons. The Labute approximate surface area is 77.9 Å². The zero-order valence-electron chi connectivity index (χ0n) is 8.08. The fourth-order valence-corrected chi connectivity index (χ4v) is 1.38. The van der Waals surface area contributed by atoms with Gasteiger partial charge in [0.05, 0.1) is 0 Å². The van der Waals surface area contributed by atoms with Gasteiger partial charge < -0.3 is 10.1 Å². The largest absolute Gasteiger partial charge is 0.468 e. The van der Waals surface area contributed by atoms with Crippen LogP contribution in [0.1, 0.15) is 13.8 Å². The van der Waals surface area contributed by atoms with Gasteiger partial charge in [0.1, 0.15) is 5.60 Å². The van der Waals surface area contributed by atoms with Crippen LogP contribution in [0, 0.1) is 0 Å². The minimum absolute atomic E-state index is 0.0487. The first-order valence-corrected chi connectivity index (χ1v) is 4.65. The van der Waals surface area contributed by atoms with Crippen LogP contribution in [-0.2, 0) is 6.54 Å². The van der Waals surface area contributed by atoms with E-state index in [-0.39, 0.29) is 5.60 Å². The molecule has 0 aliphatic carbocycles. The number of hydrogen-bond donors (Lipinski definition) is 1. The molecule has 0 amide bonds. The third-order valence-corrected chi connectivity index (χ3v) is 2.29. The Hall–Kier alpha value is -1.03. The molecule has 0 atom stereocenters. The third kappa shape index (κ3) is 1.67. The summed E-state index contributed by atoms with van der Waals surface area (Å²) in [6.07, 6.45) is 1.94. The summed E-state index contributed by atoms with van der Waals surface area (Å²) in [5, 5.41) is 7.45. The van der Waals surface area contributed by atoms with Gasteiger partial charge in [-0.1, -0.05) is 0 Å². The first-order chi connectivity index (χ1) is 6.22. The fourth-order valence-electron chi connectivity index (χ4n) is 1.38. The zero-order valence-corrected chi connectivity index (χ0v) is 8.08. The second-order valence-corrected chi connectivity index (χ2v) is 3.67. The molecule has 0 bridgehead atoms. The molecule has 2 rings (SSSR count). The first-order valence-electron chi connectivity index (χ1n) is 4.65. The first kappa shape index (κ1) is 8.56. The Kier molecular flexibility index (Phi) is 2.00. The molecule has 1 saturated heterocycles. The van der Waals surface area contributed by atoms with Crippen LogP contribution in [0.15, 0.2) is 12.3 Å². The van der Waals surface area contributed by atoms with Crippen LogP contribution in [0.2, 0.25) is 0 Å². The molecule has 0 radical (unpaired) electrons. The van der Waals surface area contributed by atoms with Crippen molar-refractivity contribution in [1.82, 2.24) is 15.1 Å². The fraction of sp³-hybridized carbons (Fsp3) is 0.667. The van der Waals surface area contributed by atoms with Crippen LogP contribution in [0.25, 0.3) is 0 Å². The summed E-state index contributed by atoms with van der Waals surface area (Å²) in [4.78, 5) is 0. The Balaban J connectivity index is 2.01. The highest BCUT2D eigenvalue weighted by Crippen LogP contribution is 2.19. The van der Waals surface area contributed by atoms with Gasteiger partial charge in [-0.15, -0.1) is 5.10 Å². The Morgan fingerprint density at radius 1 is 1.69 bits per heavy atom. The van der Waals surface area contributed by atoms with Gasteiger partial charge >= 0.3 is 0 Å². The average molecular weight is 181 g/mol. The molecule has 0 unspecified atom stereocenters. The molecule has 1 fully saturated rings. The van der Waals surface area contributed by atoms with E-state index in [4.69, 9.17) is 4.74 Å². The molecular formula is C9H15N3O. The van der Waals surface area contributed by atoms with Crippen molar-refractivity contribution in [3.63, 3.8) is 0 Å². The van der Waals surface area contributed by atoms with E-state index >= 15 is 0 Å². The van der Waals surface area contributed by atoms with E-state index < -0.39 is 0 Å². The Bertz CT molecular complexity index is 291. The topological polar surface area (TPSA) is 39.1 Å². The molecule has 1 aromatic rings. The highest BCUT2D eigenvalue weighted by atomic mass is 16.5. The van der Waals surface area contributed by atoms with Crippen LogP contribution in [0.5, 0.6) is 5.88 Å². The minimum atomic E-state index is -0.0487. The number of nitrogens with one attached hydrogen (secondary N) is 1. The van der Waals surface area contributed by atoms with E-state index in [1.54, 1.807) is 0 Å². The molecule has 4 heteroatoms. The van der Waals surface area contributed by atoms with Crippen molar-refractivity contribution in [3.8, 4) is 5.88 Å². The molecule has 13 heavy (non-hydrogen) atoms. The molecule has 0 aromatic carbocycles. The summed E-state index contributed by atoms with van der Waals surface area (Å²) >= 11 is 0. The summed E-state index contributed by atoms with van der Waals surface area (Å²) in [5.74, 6) is 0.728. The monoisotopic (exact) mass is 181 g/mol. The van der Waals surface area contributed by atoms with Crippen LogP contribution in [0.4, 0.5) is 0 Å². The summed E-state index contributed by atoms with van der Waals surface area (Å²) in [6, 6.07) is 1.91. The van der Waals surface area contributed by atoms with Crippen molar-refractivity contribution in [2.24, 2.45) is 0 Å². The lowest BCUT2D eigenvalue weighted by molar-refractivity contribution is 0.0298. The molecule has 1 aliphatic heterocycles. The minimum Gasteiger partial charge on any atom is -0.468 e. The second-order valence-electron chi connectivity index (χ2n) is 3.67. The van der Waals surface area contributed by atoms with Crippen LogP contribution in [0.3, 0.4) is 0 Å². The van der Waals surface area contributed by atoms with Gasteiger partial charge in [0, 0.05) is 31.9 Å². The number of ether oxygens (including phenoxy) is 1. The summed E-state index contributed by atoms with van der Waals surface area (Å²) < 4.78 is 7.59. The van der Waals surface area contributed by atoms with Crippen LogP contribution < -0.4 is 10.1 Å². The maximum absolute atomic E-state index is 5.73. The molecule has 4 nitrogen and oxygen atoms in total. The standard InChI is InChI=1S/C9H15N3O/c1-3-12-5-4-8(11-12)13-9(2)6-10-7-9/h4-5,10H,3,6-7H2,1-2H3. The van der Waals surface area contributed by atoms with Gasteiger partial charge in [-0.2, -0.15) is 0 Å². The number of rotatable bonds is 3. The SMILES string of the molecule is CCn1ccc(OC2(C)CNC2)n1. The zero-order chi connectivity index (χ0) is 9.31. The van der Waals surface area contributed by atoms with Gasteiger partial charge in [0.15, 0.2) is 0 Å². The lowest BCUT2D eigenvalue weighted by Crippen LogP contribution is -2.61. The third-order valence-electron chi connectivity index (χ3n) is 2.29. The quantitative estimate of drug-likeness (QED) is 0.744. The number of aromatic nitrogens is 2. The molecule has 0 spiro atoms. The van der Waals surface area contributed by atoms with Crippen molar-refractivity contribution in [3.05, 3.63) is 12.3 Å². The number of hydrogen-bond acceptors (Lipinski definition) is 3. The number of nitrogens with zero attached hydrogens (tertiary/aromatic N) is 2. The van der Waals surface area contributed by atoms with E-state index in [0.29, 0.717) is 0 Å². The predicted molar refractivity (Wildman–Crippen MR) is 49.8 cm³/mol. The van der Waals surface area contributed by atoms with Crippen molar-refractivity contribution in [1.29, 1.82) is 0 Å². The molecule has 1 N–H and O–H groups in total. The summed E-state index contributed by atoms with van der Waals surface area (Å²) in [7, 11) is 0.